The van der Waals surface area contributed by atoms with Crippen LogP contribution in [0, 0.1) is 0 Å². The molecular formula is C12H11NO2S. The number of aromatic carboxylic acids is 1. The third kappa shape index (κ3) is 2.13. The van der Waals surface area contributed by atoms with Crippen LogP contribution in [0.15, 0.2) is 41.8 Å². The van der Waals surface area contributed by atoms with E-state index in [0.29, 0.717) is 0 Å². The molecule has 16 heavy (non-hydrogen) atoms. The number of benzene rings is 1. The molecule has 3 N–H and O–H groups in total. The van der Waals surface area contributed by atoms with Crippen molar-refractivity contribution in [1.29, 1.82) is 0 Å². The van der Waals surface area contributed by atoms with Crippen molar-refractivity contribution in [3.05, 3.63) is 57.8 Å². The van der Waals surface area contributed by atoms with Crippen molar-refractivity contribution in [2.45, 2.75) is 6.04 Å². The second kappa shape index (κ2) is 4.47. The Bertz CT molecular complexity index is 476. The summed E-state index contributed by atoms with van der Waals surface area (Å²) in [6, 6.07) is 10.4. The van der Waals surface area contributed by atoms with Gasteiger partial charge in [-0.2, -0.15) is 0 Å². The normalized spacial score (nSPS) is 12.3. The number of hydrogen-bond donors (Lipinski definition) is 2. The van der Waals surface area contributed by atoms with Crippen molar-refractivity contribution in [2.24, 2.45) is 5.73 Å². The van der Waals surface area contributed by atoms with Crippen LogP contribution in [0.3, 0.4) is 0 Å². The summed E-state index contributed by atoms with van der Waals surface area (Å²) in [4.78, 5) is 11.8. The van der Waals surface area contributed by atoms with Gasteiger partial charge in [0.1, 0.15) is 0 Å². The molecule has 0 saturated heterocycles. The fourth-order valence-corrected chi connectivity index (χ4v) is 2.22. The Hall–Kier alpha value is -1.65. The van der Waals surface area contributed by atoms with Crippen LogP contribution in [0.5, 0.6) is 0 Å². The minimum absolute atomic E-state index is 0.178. The highest BCUT2D eigenvalue weighted by Crippen LogP contribution is 2.23. The molecule has 0 spiro atoms. The molecule has 4 heteroatoms. The lowest BCUT2D eigenvalue weighted by Gasteiger charge is -2.09. The van der Waals surface area contributed by atoms with E-state index in [4.69, 9.17) is 10.8 Å². The summed E-state index contributed by atoms with van der Waals surface area (Å²) in [5.41, 5.74) is 7.25. The smallest absolute Gasteiger partial charge is 0.335 e. The van der Waals surface area contributed by atoms with Crippen LogP contribution in [-0.2, 0) is 0 Å². The van der Waals surface area contributed by atoms with Crippen molar-refractivity contribution < 1.29 is 9.90 Å². The van der Waals surface area contributed by atoms with E-state index in [0.717, 1.165) is 10.4 Å². The summed E-state index contributed by atoms with van der Waals surface area (Å²) in [7, 11) is 0. The second-order valence-corrected chi connectivity index (χ2v) is 4.40. The molecule has 82 valence electrons. The maximum atomic E-state index is 10.7. The molecule has 2 rings (SSSR count). The standard InChI is InChI=1S/C12H11NO2S/c13-11(10-2-1-7-16-10)8-3-5-9(6-4-8)12(14)15/h1-7,11H,13H2,(H,14,15)/t11-/m0/s1. The van der Waals surface area contributed by atoms with E-state index >= 15 is 0 Å². The van der Waals surface area contributed by atoms with Gasteiger partial charge in [0, 0.05) is 4.88 Å². The van der Waals surface area contributed by atoms with E-state index in [1.165, 1.54) is 0 Å². The zero-order valence-electron chi connectivity index (χ0n) is 8.46. The molecule has 0 bridgehead atoms. The largest absolute Gasteiger partial charge is 0.478 e. The molecule has 0 aliphatic rings. The molecular weight excluding hydrogens is 222 g/mol. The number of carboxylic acid groups (broad SMARTS) is 1. The number of nitrogens with two attached hydrogens (primary N) is 1. The fraction of sp³-hybridized carbons (Fsp3) is 0.0833. The molecule has 0 amide bonds. The van der Waals surface area contributed by atoms with Gasteiger partial charge in [0.2, 0.25) is 0 Å². The molecule has 1 aromatic heterocycles. The second-order valence-electron chi connectivity index (χ2n) is 3.42. The summed E-state index contributed by atoms with van der Waals surface area (Å²) in [6.45, 7) is 0. The van der Waals surface area contributed by atoms with Crippen LogP contribution in [-0.4, -0.2) is 11.1 Å². The average molecular weight is 233 g/mol. The van der Waals surface area contributed by atoms with Crippen molar-refractivity contribution in [1.82, 2.24) is 0 Å². The van der Waals surface area contributed by atoms with Crippen molar-refractivity contribution in [3.63, 3.8) is 0 Å². The van der Waals surface area contributed by atoms with Gasteiger partial charge in [-0.05, 0) is 29.1 Å². The zero-order chi connectivity index (χ0) is 11.5. The Morgan fingerprint density at radius 2 is 1.94 bits per heavy atom. The van der Waals surface area contributed by atoms with Gasteiger partial charge < -0.3 is 10.8 Å². The predicted molar refractivity (Wildman–Crippen MR) is 63.8 cm³/mol. The molecule has 0 radical (unpaired) electrons. The lowest BCUT2D eigenvalue weighted by atomic mass is 10.0. The Balaban J connectivity index is 2.25. The first-order chi connectivity index (χ1) is 7.68. The third-order valence-corrected chi connectivity index (χ3v) is 3.32. The van der Waals surface area contributed by atoms with Crippen LogP contribution in [0.25, 0.3) is 0 Å². The first-order valence-electron chi connectivity index (χ1n) is 4.80. The van der Waals surface area contributed by atoms with E-state index in [9.17, 15) is 4.79 Å². The first kappa shape index (κ1) is 10.9. The zero-order valence-corrected chi connectivity index (χ0v) is 9.28. The maximum Gasteiger partial charge on any atom is 0.335 e. The summed E-state index contributed by atoms with van der Waals surface area (Å²) in [5, 5.41) is 10.7. The Morgan fingerprint density at radius 3 is 2.44 bits per heavy atom. The van der Waals surface area contributed by atoms with E-state index in [2.05, 4.69) is 0 Å². The molecule has 1 heterocycles. The number of hydrogen-bond acceptors (Lipinski definition) is 3. The molecule has 3 nitrogen and oxygen atoms in total. The molecule has 1 atom stereocenters. The monoisotopic (exact) mass is 233 g/mol. The topological polar surface area (TPSA) is 63.3 Å². The van der Waals surface area contributed by atoms with Crippen molar-refractivity contribution in [3.8, 4) is 0 Å². The van der Waals surface area contributed by atoms with Gasteiger partial charge in [0.05, 0.1) is 11.6 Å². The summed E-state index contributed by atoms with van der Waals surface area (Å²) < 4.78 is 0. The van der Waals surface area contributed by atoms with Crippen LogP contribution >= 0.6 is 11.3 Å². The number of carbonyl (C=O) groups is 1. The SMILES string of the molecule is N[C@@H](c1ccc(C(=O)O)cc1)c1cccs1. The van der Waals surface area contributed by atoms with E-state index < -0.39 is 5.97 Å². The van der Waals surface area contributed by atoms with E-state index in [-0.39, 0.29) is 11.6 Å². The van der Waals surface area contributed by atoms with E-state index in [1.54, 1.807) is 35.6 Å². The highest BCUT2D eigenvalue weighted by Gasteiger charge is 2.10. The number of thiophene rings is 1. The van der Waals surface area contributed by atoms with Gasteiger partial charge in [0.15, 0.2) is 0 Å². The van der Waals surface area contributed by atoms with Crippen LogP contribution < -0.4 is 5.73 Å². The van der Waals surface area contributed by atoms with Crippen LogP contribution in [0.4, 0.5) is 0 Å². The third-order valence-electron chi connectivity index (χ3n) is 2.37. The Labute approximate surface area is 97.2 Å². The van der Waals surface area contributed by atoms with E-state index in [1.807, 2.05) is 17.5 Å². The molecule has 0 aliphatic carbocycles. The minimum atomic E-state index is -0.920. The fourth-order valence-electron chi connectivity index (χ4n) is 1.47. The van der Waals surface area contributed by atoms with Gasteiger partial charge in [-0.1, -0.05) is 18.2 Å². The maximum absolute atomic E-state index is 10.7. The highest BCUT2D eigenvalue weighted by atomic mass is 32.1. The number of carboxylic acids is 1. The summed E-state index contributed by atoms with van der Waals surface area (Å²) >= 11 is 1.60. The summed E-state index contributed by atoms with van der Waals surface area (Å²) in [5.74, 6) is -0.920. The molecule has 1 aromatic carbocycles. The minimum Gasteiger partial charge on any atom is -0.478 e. The predicted octanol–water partition coefficient (Wildman–Crippen LogP) is 2.49. The Morgan fingerprint density at radius 1 is 1.25 bits per heavy atom. The van der Waals surface area contributed by atoms with Crippen LogP contribution in [0.1, 0.15) is 26.8 Å². The van der Waals surface area contributed by atoms with Gasteiger partial charge in [-0.25, -0.2) is 4.79 Å². The summed E-state index contributed by atoms with van der Waals surface area (Å²) in [6.07, 6.45) is 0. The Kier molecular flexibility index (Phi) is 3.03. The number of rotatable bonds is 3. The molecule has 0 aliphatic heterocycles. The van der Waals surface area contributed by atoms with Gasteiger partial charge in [0.25, 0.3) is 0 Å². The van der Waals surface area contributed by atoms with Gasteiger partial charge in [-0.3, -0.25) is 0 Å². The first-order valence-corrected chi connectivity index (χ1v) is 5.68. The average Bonchev–Trinajstić information content (AvgIpc) is 2.81. The van der Waals surface area contributed by atoms with Crippen LogP contribution in [0.2, 0.25) is 0 Å². The van der Waals surface area contributed by atoms with Crippen molar-refractivity contribution in [2.75, 3.05) is 0 Å². The van der Waals surface area contributed by atoms with Crippen molar-refractivity contribution >= 4 is 17.3 Å². The molecule has 0 saturated carbocycles. The van der Waals surface area contributed by atoms with Gasteiger partial charge in [-0.15, -0.1) is 11.3 Å². The molecule has 2 aromatic rings. The lowest BCUT2D eigenvalue weighted by Crippen LogP contribution is -2.10. The molecule has 0 fully saturated rings. The van der Waals surface area contributed by atoms with Gasteiger partial charge >= 0.3 is 5.97 Å². The molecule has 0 unspecified atom stereocenters. The highest BCUT2D eigenvalue weighted by molar-refractivity contribution is 7.10. The lowest BCUT2D eigenvalue weighted by molar-refractivity contribution is 0.0697. The quantitative estimate of drug-likeness (QED) is 0.856.